The minimum atomic E-state index is -1.04. The van der Waals surface area contributed by atoms with Crippen LogP contribution in [-0.4, -0.2) is 12.0 Å². The quantitative estimate of drug-likeness (QED) is 0.678. The van der Waals surface area contributed by atoms with E-state index in [2.05, 4.69) is 5.32 Å². The van der Waals surface area contributed by atoms with Crippen molar-refractivity contribution in [3.05, 3.63) is 63.7 Å². The molecule has 0 atom stereocenters. The molecule has 0 aliphatic rings. The fourth-order valence-corrected chi connectivity index (χ4v) is 1.81. The highest BCUT2D eigenvalue weighted by Gasteiger charge is 2.16. The Bertz CT molecular complexity index is 677. The molecule has 1 N–H and O–H groups in total. The second-order valence-corrected chi connectivity index (χ2v) is 4.23. The summed E-state index contributed by atoms with van der Waals surface area (Å²) in [6.07, 6.45) is 0. The normalized spacial score (nSPS) is 10.4. The molecule has 0 spiro atoms. The smallest absolute Gasteiger partial charge is 0.305 e. The first kappa shape index (κ1) is 14.9. The van der Waals surface area contributed by atoms with Crippen molar-refractivity contribution < 1.29 is 18.4 Å². The van der Waals surface area contributed by atoms with Gasteiger partial charge in [-0.2, -0.15) is 4.39 Å². The molecule has 0 saturated heterocycles. The van der Waals surface area contributed by atoms with E-state index in [-0.39, 0.29) is 11.5 Å². The Morgan fingerprint density at radius 2 is 2.00 bits per heavy atom. The third-order valence-corrected chi connectivity index (χ3v) is 2.75. The molecule has 0 aromatic heterocycles. The molecule has 5 nitrogen and oxygen atoms in total. The Morgan fingerprint density at radius 1 is 1.24 bits per heavy atom. The standard InChI is InChI=1S/C14H12F2N2O3/c1-17-8-9-3-2-4-11(15)14(9)21-10-5-6-13(18(19)20)12(16)7-10/h2-7,17H,8H2,1H3. The number of hydrogen-bond donors (Lipinski definition) is 1. The van der Waals surface area contributed by atoms with Gasteiger partial charge in [0.1, 0.15) is 5.75 Å². The maximum absolute atomic E-state index is 13.8. The molecule has 0 saturated carbocycles. The van der Waals surface area contributed by atoms with Crippen LogP contribution in [0, 0.1) is 21.7 Å². The highest BCUT2D eigenvalue weighted by molar-refractivity contribution is 5.42. The number of para-hydroxylation sites is 1. The van der Waals surface area contributed by atoms with Gasteiger partial charge in [-0.1, -0.05) is 12.1 Å². The van der Waals surface area contributed by atoms with Crippen LogP contribution in [0.4, 0.5) is 14.5 Å². The predicted octanol–water partition coefficient (Wildman–Crippen LogP) is 3.38. The van der Waals surface area contributed by atoms with E-state index in [1.165, 1.54) is 18.2 Å². The van der Waals surface area contributed by atoms with Crippen molar-refractivity contribution in [1.29, 1.82) is 0 Å². The molecule has 0 radical (unpaired) electrons. The maximum Gasteiger partial charge on any atom is 0.305 e. The van der Waals surface area contributed by atoms with Gasteiger partial charge >= 0.3 is 5.69 Å². The number of hydrogen-bond acceptors (Lipinski definition) is 4. The van der Waals surface area contributed by atoms with Crippen molar-refractivity contribution in [3.63, 3.8) is 0 Å². The van der Waals surface area contributed by atoms with Gasteiger partial charge in [0, 0.05) is 24.2 Å². The first-order valence-corrected chi connectivity index (χ1v) is 6.06. The highest BCUT2D eigenvalue weighted by atomic mass is 19.1. The van der Waals surface area contributed by atoms with Crippen molar-refractivity contribution >= 4 is 5.69 Å². The van der Waals surface area contributed by atoms with Crippen LogP contribution >= 0.6 is 0 Å². The van der Waals surface area contributed by atoms with E-state index in [0.717, 1.165) is 12.1 Å². The number of nitro groups is 1. The average molecular weight is 294 g/mol. The summed E-state index contributed by atoms with van der Waals surface area (Å²) in [5, 5.41) is 13.4. The molecule has 21 heavy (non-hydrogen) atoms. The van der Waals surface area contributed by atoms with Gasteiger partial charge in [-0.05, 0) is 19.2 Å². The Labute approximate surface area is 119 Å². The number of rotatable bonds is 5. The fraction of sp³-hybridized carbons (Fsp3) is 0.143. The largest absolute Gasteiger partial charge is 0.454 e. The minimum Gasteiger partial charge on any atom is -0.454 e. The summed E-state index contributed by atoms with van der Waals surface area (Å²) in [6, 6.07) is 7.46. The summed E-state index contributed by atoms with van der Waals surface area (Å²) in [6.45, 7) is 0.364. The van der Waals surface area contributed by atoms with Gasteiger partial charge in [0.15, 0.2) is 11.6 Å². The summed E-state index contributed by atoms with van der Waals surface area (Å²) in [5.41, 5.74) is -0.109. The molecule has 0 aliphatic heterocycles. The molecular formula is C14H12F2N2O3. The van der Waals surface area contributed by atoms with Gasteiger partial charge in [-0.15, -0.1) is 0 Å². The van der Waals surface area contributed by atoms with Crippen molar-refractivity contribution in [2.75, 3.05) is 7.05 Å². The van der Waals surface area contributed by atoms with E-state index < -0.39 is 22.2 Å². The van der Waals surface area contributed by atoms with Crippen LogP contribution in [0.5, 0.6) is 11.5 Å². The maximum atomic E-state index is 13.8. The van der Waals surface area contributed by atoms with Gasteiger partial charge in [-0.25, -0.2) is 4.39 Å². The van der Waals surface area contributed by atoms with Gasteiger partial charge in [0.05, 0.1) is 4.92 Å². The lowest BCUT2D eigenvalue weighted by Crippen LogP contribution is -2.07. The van der Waals surface area contributed by atoms with Crippen LogP contribution in [-0.2, 0) is 6.54 Å². The molecule has 7 heteroatoms. The van der Waals surface area contributed by atoms with Crippen molar-refractivity contribution in [2.24, 2.45) is 0 Å². The molecule has 0 aliphatic carbocycles. The first-order valence-electron chi connectivity index (χ1n) is 6.06. The van der Waals surface area contributed by atoms with E-state index in [9.17, 15) is 18.9 Å². The third-order valence-electron chi connectivity index (χ3n) is 2.75. The average Bonchev–Trinajstić information content (AvgIpc) is 2.42. The van der Waals surface area contributed by atoms with Gasteiger partial charge < -0.3 is 10.1 Å². The zero-order valence-electron chi connectivity index (χ0n) is 11.1. The summed E-state index contributed by atoms with van der Waals surface area (Å²) in [4.78, 5) is 9.70. The topological polar surface area (TPSA) is 64.4 Å². The second kappa shape index (κ2) is 6.27. The molecule has 0 heterocycles. The number of nitrogens with zero attached hydrogens (tertiary/aromatic N) is 1. The fourth-order valence-electron chi connectivity index (χ4n) is 1.81. The molecule has 0 fully saturated rings. The molecule has 2 aromatic carbocycles. The summed E-state index contributed by atoms with van der Waals surface area (Å²) in [5.74, 6) is -1.69. The third kappa shape index (κ3) is 3.32. The number of ether oxygens (including phenoxy) is 1. The van der Waals surface area contributed by atoms with Gasteiger partial charge in [-0.3, -0.25) is 10.1 Å². The van der Waals surface area contributed by atoms with Crippen LogP contribution in [0.3, 0.4) is 0 Å². The van der Waals surface area contributed by atoms with Crippen LogP contribution in [0.25, 0.3) is 0 Å². The van der Waals surface area contributed by atoms with Crippen molar-refractivity contribution in [1.82, 2.24) is 5.32 Å². The molecular weight excluding hydrogens is 282 g/mol. The predicted molar refractivity (Wildman–Crippen MR) is 72.3 cm³/mol. The van der Waals surface area contributed by atoms with E-state index in [1.54, 1.807) is 13.1 Å². The Morgan fingerprint density at radius 3 is 2.62 bits per heavy atom. The second-order valence-electron chi connectivity index (χ2n) is 4.23. The van der Waals surface area contributed by atoms with Gasteiger partial charge in [0.2, 0.25) is 5.82 Å². The first-order chi connectivity index (χ1) is 10.0. The summed E-state index contributed by atoms with van der Waals surface area (Å²) >= 11 is 0. The molecule has 2 aromatic rings. The Hall–Kier alpha value is -2.54. The Kier molecular flexibility index (Phi) is 4.44. The lowest BCUT2D eigenvalue weighted by molar-refractivity contribution is -0.387. The van der Waals surface area contributed by atoms with Gasteiger partial charge in [0.25, 0.3) is 0 Å². The lowest BCUT2D eigenvalue weighted by atomic mass is 10.2. The molecule has 0 bridgehead atoms. The molecule has 2 rings (SSSR count). The zero-order valence-corrected chi connectivity index (χ0v) is 11.1. The number of nitrogens with one attached hydrogen (secondary N) is 1. The monoisotopic (exact) mass is 294 g/mol. The SMILES string of the molecule is CNCc1cccc(F)c1Oc1ccc([N+](=O)[O-])c(F)c1. The summed E-state index contributed by atoms with van der Waals surface area (Å²) < 4.78 is 32.7. The van der Waals surface area contributed by atoms with E-state index in [1.807, 2.05) is 0 Å². The zero-order chi connectivity index (χ0) is 15.4. The van der Waals surface area contributed by atoms with Crippen LogP contribution < -0.4 is 10.1 Å². The minimum absolute atomic E-state index is 0.0134. The van der Waals surface area contributed by atoms with E-state index in [0.29, 0.717) is 12.1 Å². The van der Waals surface area contributed by atoms with Crippen molar-refractivity contribution in [2.45, 2.75) is 6.54 Å². The number of halogens is 2. The lowest BCUT2D eigenvalue weighted by Gasteiger charge is -2.12. The molecule has 0 amide bonds. The van der Waals surface area contributed by atoms with E-state index in [4.69, 9.17) is 4.74 Å². The molecule has 0 unspecified atom stereocenters. The molecule has 110 valence electrons. The Balaban J connectivity index is 2.34. The van der Waals surface area contributed by atoms with E-state index >= 15 is 0 Å². The van der Waals surface area contributed by atoms with Crippen molar-refractivity contribution in [3.8, 4) is 11.5 Å². The summed E-state index contributed by atoms with van der Waals surface area (Å²) in [7, 11) is 1.69. The van der Waals surface area contributed by atoms with Crippen LogP contribution in [0.15, 0.2) is 36.4 Å². The van der Waals surface area contributed by atoms with Crippen LogP contribution in [0.1, 0.15) is 5.56 Å². The number of benzene rings is 2. The number of nitro benzene ring substituents is 1. The van der Waals surface area contributed by atoms with Crippen LogP contribution in [0.2, 0.25) is 0 Å². The highest BCUT2D eigenvalue weighted by Crippen LogP contribution is 2.30.